The molecule has 0 saturated carbocycles. The molecule has 0 aliphatic carbocycles. The summed E-state index contributed by atoms with van der Waals surface area (Å²) in [4.78, 5) is 13.4. The summed E-state index contributed by atoms with van der Waals surface area (Å²) in [7, 11) is -2.05. The maximum Gasteiger partial charge on any atom is 0.243 e. The maximum absolute atomic E-state index is 13.1. The van der Waals surface area contributed by atoms with Gasteiger partial charge in [-0.05, 0) is 69.5 Å². The lowest BCUT2D eigenvalue weighted by molar-refractivity contribution is -0.127. The van der Waals surface area contributed by atoms with E-state index >= 15 is 0 Å². The number of benzene rings is 2. The Morgan fingerprint density at radius 3 is 2.42 bits per heavy atom. The molecule has 1 fully saturated rings. The molecule has 33 heavy (non-hydrogen) atoms. The van der Waals surface area contributed by atoms with Crippen LogP contribution in [0.15, 0.2) is 47.4 Å². The zero-order chi connectivity index (χ0) is 23.8. The maximum atomic E-state index is 13.1. The number of methoxy groups -OCH3 is 1. The van der Waals surface area contributed by atoms with Crippen molar-refractivity contribution in [2.45, 2.75) is 56.6 Å². The first-order valence-electron chi connectivity index (χ1n) is 11.3. The van der Waals surface area contributed by atoms with Gasteiger partial charge >= 0.3 is 0 Å². The number of ether oxygens (including phenoxy) is 2. The van der Waals surface area contributed by atoms with Crippen LogP contribution in [0, 0.1) is 12.8 Å². The molecular weight excluding hydrogens is 440 g/mol. The van der Waals surface area contributed by atoms with E-state index in [9.17, 15) is 13.2 Å². The number of aryl methyl sites for hydroxylation is 1. The number of carbonyl (C=O) groups excluding carboxylic acids is 1. The van der Waals surface area contributed by atoms with Gasteiger partial charge < -0.3 is 14.8 Å². The number of sulfonamides is 1. The van der Waals surface area contributed by atoms with Crippen LogP contribution in [0.2, 0.25) is 0 Å². The van der Waals surface area contributed by atoms with E-state index in [1.165, 1.54) is 4.31 Å². The second-order valence-electron chi connectivity index (χ2n) is 9.52. The molecule has 2 aliphatic rings. The molecular formula is C25H32N2O5S. The number of rotatable bonds is 5. The molecule has 2 aliphatic heterocycles. The van der Waals surface area contributed by atoms with Crippen LogP contribution in [0.5, 0.6) is 11.5 Å². The average molecular weight is 473 g/mol. The van der Waals surface area contributed by atoms with Crippen LogP contribution in [0.1, 0.15) is 50.3 Å². The van der Waals surface area contributed by atoms with Crippen molar-refractivity contribution < 1.29 is 22.7 Å². The Hall–Kier alpha value is -2.58. The van der Waals surface area contributed by atoms with Gasteiger partial charge in [0.25, 0.3) is 0 Å². The Morgan fingerprint density at radius 1 is 1.12 bits per heavy atom. The van der Waals surface area contributed by atoms with E-state index in [1.54, 1.807) is 31.4 Å². The summed E-state index contributed by atoms with van der Waals surface area (Å²) in [5.74, 6) is 1.19. The van der Waals surface area contributed by atoms with E-state index < -0.39 is 10.0 Å². The predicted octanol–water partition coefficient (Wildman–Crippen LogP) is 3.82. The number of nitrogens with zero attached hydrogens (tertiary/aromatic N) is 1. The van der Waals surface area contributed by atoms with Gasteiger partial charge in [0.2, 0.25) is 15.9 Å². The van der Waals surface area contributed by atoms with E-state index in [0.29, 0.717) is 38.1 Å². The van der Waals surface area contributed by atoms with Crippen LogP contribution in [0.4, 0.5) is 0 Å². The van der Waals surface area contributed by atoms with Gasteiger partial charge in [-0.25, -0.2) is 8.42 Å². The first kappa shape index (κ1) is 23.6. The molecule has 1 saturated heterocycles. The smallest absolute Gasteiger partial charge is 0.243 e. The highest BCUT2D eigenvalue weighted by molar-refractivity contribution is 7.89. The van der Waals surface area contributed by atoms with Gasteiger partial charge in [-0.2, -0.15) is 4.31 Å². The third kappa shape index (κ3) is 5.01. The Morgan fingerprint density at radius 2 is 1.79 bits per heavy atom. The molecule has 0 aromatic heterocycles. The lowest BCUT2D eigenvalue weighted by atomic mass is 9.88. The quantitative estimate of drug-likeness (QED) is 0.715. The van der Waals surface area contributed by atoms with Gasteiger partial charge in [-0.3, -0.25) is 4.79 Å². The van der Waals surface area contributed by atoms with Crippen LogP contribution >= 0.6 is 0 Å². The highest BCUT2D eigenvalue weighted by atomic mass is 32.2. The Balaban J connectivity index is 1.41. The largest absolute Gasteiger partial charge is 0.497 e. The molecule has 7 nitrogen and oxygen atoms in total. The molecule has 1 unspecified atom stereocenters. The average Bonchev–Trinajstić information content (AvgIpc) is 2.78. The molecule has 1 N–H and O–H groups in total. The highest BCUT2D eigenvalue weighted by Gasteiger charge is 2.37. The summed E-state index contributed by atoms with van der Waals surface area (Å²) in [6, 6.07) is 12.3. The molecule has 8 heteroatoms. The summed E-state index contributed by atoms with van der Waals surface area (Å²) in [5, 5.41) is 3.22. The monoisotopic (exact) mass is 472 g/mol. The van der Waals surface area contributed by atoms with Gasteiger partial charge in [0.1, 0.15) is 17.1 Å². The van der Waals surface area contributed by atoms with Gasteiger partial charge in [0, 0.05) is 31.0 Å². The number of hydrogen-bond acceptors (Lipinski definition) is 5. The zero-order valence-corrected chi connectivity index (χ0v) is 20.4. The zero-order valence-electron chi connectivity index (χ0n) is 19.6. The number of hydrogen-bond donors (Lipinski definition) is 1. The van der Waals surface area contributed by atoms with E-state index in [4.69, 9.17) is 9.47 Å². The summed E-state index contributed by atoms with van der Waals surface area (Å²) >= 11 is 0. The molecule has 1 atom stereocenters. The number of piperidine rings is 1. The Labute approximate surface area is 196 Å². The number of nitrogens with one attached hydrogen (secondary N) is 1. The second kappa shape index (κ2) is 8.99. The van der Waals surface area contributed by atoms with E-state index in [1.807, 2.05) is 39.0 Å². The van der Waals surface area contributed by atoms with Crippen LogP contribution in [0.3, 0.4) is 0 Å². The highest BCUT2D eigenvalue weighted by Crippen LogP contribution is 2.40. The van der Waals surface area contributed by atoms with Crippen molar-refractivity contribution in [3.63, 3.8) is 0 Å². The topological polar surface area (TPSA) is 84.9 Å². The van der Waals surface area contributed by atoms with Gasteiger partial charge in [-0.1, -0.05) is 12.1 Å². The fourth-order valence-corrected chi connectivity index (χ4v) is 6.10. The Bertz CT molecular complexity index is 1120. The normalized spacial score (nSPS) is 21.0. The van der Waals surface area contributed by atoms with Crippen molar-refractivity contribution >= 4 is 15.9 Å². The first-order chi connectivity index (χ1) is 15.6. The standard InChI is InChI=1S/C25H32N2O5S/c1-17-5-10-21-22(16-25(2,3)32-23(21)15-17)26-24(28)18-11-13-27(14-12-18)33(29,30)20-8-6-19(31-4)7-9-20/h5-10,15,18,22H,11-14,16H2,1-4H3,(H,26,28). The van der Waals surface area contributed by atoms with E-state index in [0.717, 1.165) is 16.9 Å². The van der Waals surface area contributed by atoms with Crippen LogP contribution in [-0.2, 0) is 14.8 Å². The summed E-state index contributed by atoms with van der Waals surface area (Å²) in [6.45, 7) is 6.72. The van der Waals surface area contributed by atoms with Crippen LogP contribution < -0.4 is 14.8 Å². The van der Waals surface area contributed by atoms with Crippen molar-refractivity contribution in [2.24, 2.45) is 5.92 Å². The summed E-state index contributed by atoms with van der Waals surface area (Å²) in [5.41, 5.74) is 1.73. The minimum Gasteiger partial charge on any atom is -0.497 e. The molecule has 178 valence electrons. The second-order valence-corrected chi connectivity index (χ2v) is 11.5. The first-order valence-corrected chi connectivity index (χ1v) is 12.8. The molecule has 0 radical (unpaired) electrons. The molecule has 0 spiro atoms. The molecule has 4 rings (SSSR count). The van der Waals surface area contributed by atoms with Crippen molar-refractivity contribution in [3.8, 4) is 11.5 Å². The summed E-state index contributed by atoms with van der Waals surface area (Å²) < 4.78 is 38.7. The van der Waals surface area contributed by atoms with Crippen molar-refractivity contribution in [1.29, 1.82) is 0 Å². The van der Waals surface area contributed by atoms with Crippen molar-refractivity contribution in [1.82, 2.24) is 9.62 Å². The Kier molecular flexibility index (Phi) is 6.42. The molecule has 2 heterocycles. The molecule has 2 aromatic rings. The number of fused-ring (bicyclic) bond motifs is 1. The molecule has 1 amide bonds. The van der Waals surface area contributed by atoms with Crippen LogP contribution in [0.25, 0.3) is 0 Å². The van der Waals surface area contributed by atoms with Crippen LogP contribution in [-0.4, -0.2) is 44.4 Å². The fraction of sp³-hybridized carbons (Fsp3) is 0.480. The summed E-state index contributed by atoms with van der Waals surface area (Å²) in [6.07, 6.45) is 1.67. The predicted molar refractivity (Wildman–Crippen MR) is 126 cm³/mol. The van der Waals surface area contributed by atoms with Gasteiger partial charge in [-0.15, -0.1) is 0 Å². The van der Waals surface area contributed by atoms with Crippen molar-refractivity contribution in [3.05, 3.63) is 53.6 Å². The third-order valence-corrected chi connectivity index (χ3v) is 8.38. The number of amides is 1. The van der Waals surface area contributed by atoms with Crippen molar-refractivity contribution in [2.75, 3.05) is 20.2 Å². The minimum atomic E-state index is -3.59. The third-order valence-electron chi connectivity index (χ3n) is 6.46. The SMILES string of the molecule is COc1ccc(S(=O)(=O)N2CCC(C(=O)NC3CC(C)(C)Oc4cc(C)ccc43)CC2)cc1. The minimum absolute atomic E-state index is 0.0225. The molecule has 0 bridgehead atoms. The van der Waals surface area contributed by atoms with E-state index in [-0.39, 0.29) is 28.4 Å². The lowest BCUT2D eigenvalue weighted by Gasteiger charge is -2.39. The number of carbonyl (C=O) groups is 1. The van der Waals surface area contributed by atoms with Gasteiger partial charge in [0.05, 0.1) is 18.0 Å². The molecule has 2 aromatic carbocycles. The fourth-order valence-electron chi connectivity index (χ4n) is 4.63. The lowest BCUT2D eigenvalue weighted by Crippen LogP contribution is -2.46. The van der Waals surface area contributed by atoms with E-state index in [2.05, 4.69) is 5.32 Å². The van der Waals surface area contributed by atoms with Gasteiger partial charge in [0.15, 0.2) is 0 Å².